The Morgan fingerprint density at radius 3 is 2.48 bits per heavy atom. The average molecular weight is 369 g/mol. The van der Waals surface area contributed by atoms with E-state index in [0.717, 1.165) is 36.4 Å². The van der Waals surface area contributed by atoms with Gasteiger partial charge < -0.3 is 15.5 Å². The summed E-state index contributed by atoms with van der Waals surface area (Å²) in [5.41, 5.74) is 3.23. The smallest absolute Gasteiger partial charge is 0.311 e. The molecule has 0 spiro atoms. The van der Waals surface area contributed by atoms with Gasteiger partial charge in [-0.3, -0.25) is 10.1 Å². The van der Waals surface area contributed by atoms with E-state index in [1.165, 1.54) is 25.3 Å². The predicted molar refractivity (Wildman–Crippen MR) is 109 cm³/mol. The molecule has 2 heterocycles. The van der Waals surface area contributed by atoms with Crippen LogP contribution < -0.4 is 10.6 Å². The number of nitrogens with zero attached hydrogens (tertiary/aromatic N) is 3. The minimum absolute atomic E-state index is 0.000355. The first-order valence-corrected chi connectivity index (χ1v) is 9.48. The van der Waals surface area contributed by atoms with Crippen molar-refractivity contribution >= 4 is 23.0 Å². The summed E-state index contributed by atoms with van der Waals surface area (Å²) >= 11 is 0. The van der Waals surface area contributed by atoms with Gasteiger partial charge in [-0.25, -0.2) is 4.98 Å². The zero-order valence-corrected chi connectivity index (χ0v) is 16.0. The van der Waals surface area contributed by atoms with Crippen molar-refractivity contribution in [1.29, 1.82) is 0 Å². The van der Waals surface area contributed by atoms with E-state index in [0.29, 0.717) is 18.2 Å². The fourth-order valence-electron chi connectivity index (χ4n) is 3.51. The van der Waals surface area contributed by atoms with E-state index in [-0.39, 0.29) is 5.69 Å². The zero-order valence-electron chi connectivity index (χ0n) is 16.0. The van der Waals surface area contributed by atoms with E-state index >= 15 is 0 Å². The standard InChI is InChI=1S/C20H27N5O2/c1-15-12-16(2)14-17(13-15)22-19-7-6-18(25(26)27)20(23-19)21-8-11-24-9-4-3-5-10-24/h6-7,12-14H,3-5,8-11H2,1-2H3,(H2,21,22,23). The van der Waals surface area contributed by atoms with Crippen molar-refractivity contribution in [3.8, 4) is 0 Å². The summed E-state index contributed by atoms with van der Waals surface area (Å²) in [5.74, 6) is 0.900. The Balaban J connectivity index is 1.70. The quantitative estimate of drug-likeness (QED) is 0.561. The molecule has 144 valence electrons. The number of aryl methyl sites for hydroxylation is 2. The van der Waals surface area contributed by atoms with Gasteiger partial charge in [0.05, 0.1) is 4.92 Å². The molecule has 27 heavy (non-hydrogen) atoms. The number of hydrogen-bond acceptors (Lipinski definition) is 6. The Hall–Kier alpha value is -2.67. The summed E-state index contributed by atoms with van der Waals surface area (Å²) in [5, 5.41) is 17.7. The molecule has 0 amide bonds. The van der Waals surface area contributed by atoms with Gasteiger partial charge in [-0.05, 0) is 69.1 Å². The maximum absolute atomic E-state index is 11.3. The Kier molecular flexibility index (Phi) is 6.24. The molecule has 0 radical (unpaired) electrons. The topological polar surface area (TPSA) is 83.3 Å². The highest BCUT2D eigenvalue weighted by atomic mass is 16.6. The third kappa shape index (κ3) is 5.40. The second-order valence-corrected chi connectivity index (χ2v) is 7.15. The second-order valence-electron chi connectivity index (χ2n) is 7.15. The highest BCUT2D eigenvalue weighted by Gasteiger charge is 2.17. The average Bonchev–Trinajstić information content (AvgIpc) is 2.62. The van der Waals surface area contributed by atoms with E-state index < -0.39 is 4.92 Å². The van der Waals surface area contributed by atoms with Crippen LogP contribution in [0.1, 0.15) is 30.4 Å². The summed E-state index contributed by atoms with van der Waals surface area (Å²) in [4.78, 5) is 17.8. The van der Waals surface area contributed by atoms with Crippen LogP contribution >= 0.6 is 0 Å². The maximum atomic E-state index is 11.3. The molecule has 1 saturated heterocycles. The van der Waals surface area contributed by atoms with Gasteiger partial charge in [0.1, 0.15) is 5.82 Å². The fraction of sp³-hybridized carbons (Fsp3) is 0.450. The van der Waals surface area contributed by atoms with Gasteiger partial charge in [-0.2, -0.15) is 0 Å². The molecule has 1 aliphatic rings. The van der Waals surface area contributed by atoms with Crippen LogP contribution in [0.5, 0.6) is 0 Å². The lowest BCUT2D eigenvalue weighted by Crippen LogP contribution is -2.33. The number of piperidine rings is 1. The summed E-state index contributed by atoms with van der Waals surface area (Å²) in [7, 11) is 0. The fourth-order valence-corrected chi connectivity index (χ4v) is 3.51. The molecule has 0 unspecified atom stereocenters. The van der Waals surface area contributed by atoms with Crippen molar-refractivity contribution in [1.82, 2.24) is 9.88 Å². The lowest BCUT2D eigenvalue weighted by atomic mass is 10.1. The van der Waals surface area contributed by atoms with E-state index in [1.54, 1.807) is 6.07 Å². The highest BCUT2D eigenvalue weighted by molar-refractivity contribution is 5.65. The molecule has 1 aromatic heterocycles. The minimum atomic E-state index is -0.392. The van der Waals surface area contributed by atoms with Crippen molar-refractivity contribution in [2.45, 2.75) is 33.1 Å². The van der Waals surface area contributed by atoms with Crippen molar-refractivity contribution in [2.24, 2.45) is 0 Å². The van der Waals surface area contributed by atoms with Crippen molar-refractivity contribution in [3.05, 3.63) is 51.6 Å². The van der Waals surface area contributed by atoms with E-state index in [4.69, 9.17) is 0 Å². The maximum Gasteiger partial charge on any atom is 0.311 e. The molecular formula is C20H27N5O2. The van der Waals surface area contributed by atoms with Crippen molar-refractivity contribution in [2.75, 3.05) is 36.8 Å². The Labute approximate surface area is 159 Å². The molecule has 0 atom stereocenters. The van der Waals surface area contributed by atoms with Crippen LogP contribution in [0.2, 0.25) is 0 Å². The molecule has 1 fully saturated rings. The number of nitrogens with one attached hydrogen (secondary N) is 2. The SMILES string of the molecule is Cc1cc(C)cc(Nc2ccc([N+](=O)[O-])c(NCCN3CCCCC3)n2)c1. The third-order valence-electron chi connectivity index (χ3n) is 4.73. The number of benzene rings is 1. The van der Waals surface area contributed by atoms with Crippen LogP contribution in [-0.2, 0) is 0 Å². The van der Waals surface area contributed by atoms with Gasteiger partial charge in [0.2, 0.25) is 5.82 Å². The number of anilines is 3. The van der Waals surface area contributed by atoms with E-state index in [1.807, 2.05) is 26.0 Å². The Morgan fingerprint density at radius 1 is 1.11 bits per heavy atom. The first-order valence-electron chi connectivity index (χ1n) is 9.48. The lowest BCUT2D eigenvalue weighted by molar-refractivity contribution is -0.384. The second kappa shape index (κ2) is 8.81. The van der Waals surface area contributed by atoms with Crippen LogP contribution in [0.3, 0.4) is 0 Å². The van der Waals surface area contributed by atoms with Gasteiger partial charge in [0.15, 0.2) is 0 Å². The molecule has 0 bridgehead atoms. The molecule has 7 heteroatoms. The first-order chi connectivity index (χ1) is 13.0. The first kappa shape index (κ1) is 19.1. The Morgan fingerprint density at radius 2 is 1.81 bits per heavy atom. The van der Waals surface area contributed by atoms with Crippen LogP contribution in [0, 0.1) is 24.0 Å². The molecule has 3 rings (SSSR count). The molecule has 2 N–H and O–H groups in total. The van der Waals surface area contributed by atoms with Gasteiger partial charge in [0, 0.05) is 24.8 Å². The van der Waals surface area contributed by atoms with Crippen LogP contribution in [0.15, 0.2) is 30.3 Å². The number of nitro groups is 1. The number of rotatable bonds is 7. The monoisotopic (exact) mass is 369 g/mol. The summed E-state index contributed by atoms with van der Waals surface area (Å²) in [6.45, 7) is 7.79. The molecule has 7 nitrogen and oxygen atoms in total. The summed E-state index contributed by atoms with van der Waals surface area (Å²) in [6.07, 6.45) is 3.75. The summed E-state index contributed by atoms with van der Waals surface area (Å²) in [6, 6.07) is 9.30. The number of likely N-dealkylation sites (tertiary alicyclic amines) is 1. The molecule has 1 aliphatic heterocycles. The Bertz CT molecular complexity index is 783. The number of pyridine rings is 1. The van der Waals surface area contributed by atoms with Gasteiger partial charge in [0.25, 0.3) is 0 Å². The van der Waals surface area contributed by atoms with Gasteiger partial charge in [-0.15, -0.1) is 0 Å². The molecule has 0 saturated carbocycles. The molecule has 0 aliphatic carbocycles. The van der Waals surface area contributed by atoms with Crippen LogP contribution in [0.4, 0.5) is 23.0 Å². The van der Waals surface area contributed by atoms with E-state index in [9.17, 15) is 10.1 Å². The third-order valence-corrected chi connectivity index (χ3v) is 4.73. The van der Waals surface area contributed by atoms with Crippen molar-refractivity contribution in [3.63, 3.8) is 0 Å². The summed E-state index contributed by atoms with van der Waals surface area (Å²) < 4.78 is 0. The van der Waals surface area contributed by atoms with Gasteiger partial charge in [-0.1, -0.05) is 12.5 Å². The zero-order chi connectivity index (χ0) is 19.2. The van der Waals surface area contributed by atoms with E-state index in [2.05, 4.69) is 26.6 Å². The van der Waals surface area contributed by atoms with Crippen LogP contribution in [0.25, 0.3) is 0 Å². The highest BCUT2D eigenvalue weighted by Crippen LogP contribution is 2.26. The van der Waals surface area contributed by atoms with Crippen molar-refractivity contribution < 1.29 is 4.92 Å². The van der Waals surface area contributed by atoms with Gasteiger partial charge >= 0.3 is 5.69 Å². The van der Waals surface area contributed by atoms with Crippen LogP contribution in [-0.4, -0.2) is 41.0 Å². The number of hydrogen-bond donors (Lipinski definition) is 2. The molecule has 2 aromatic rings. The number of aromatic nitrogens is 1. The predicted octanol–water partition coefficient (Wildman–Crippen LogP) is 4.25. The molecule has 1 aromatic carbocycles. The largest absolute Gasteiger partial charge is 0.363 e. The molecular weight excluding hydrogens is 342 g/mol. The lowest BCUT2D eigenvalue weighted by Gasteiger charge is -2.26. The normalized spacial score (nSPS) is 14.7. The minimum Gasteiger partial charge on any atom is -0.363 e.